The highest BCUT2D eigenvalue weighted by atomic mass is 16.5. The maximum absolute atomic E-state index is 13.9. The number of carbonyl (C=O) groups is 3. The Bertz CT molecular complexity index is 1530. The Kier molecular flexibility index (Phi) is 11.4. The second-order valence-corrected chi connectivity index (χ2v) is 13.6. The van der Waals surface area contributed by atoms with Crippen molar-refractivity contribution in [3.8, 4) is 17.2 Å². The SMILES string of the molecule is CCCC(=O)C1=C(O)C(Cc2c(O)c(C(=O)CCC)c(O)c3c2OC(C)(C)C(O)C3)=C(O)C(C)(CC=C(C)CCC=C(C)C)C1=O. The fourth-order valence-corrected chi connectivity index (χ4v) is 5.97. The van der Waals surface area contributed by atoms with Crippen molar-refractivity contribution in [2.24, 2.45) is 5.41 Å². The summed E-state index contributed by atoms with van der Waals surface area (Å²) in [5.41, 5.74) is -1.43. The number of Topliss-reactive ketones (excluding diaryl/α,β-unsaturated/α-hetero) is 3. The van der Waals surface area contributed by atoms with Gasteiger partial charge in [-0.25, -0.2) is 0 Å². The summed E-state index contributed by atoms with van der Waals surface area (Å²) >= 11 is 0. The van der Waals surface area contributed by atoms with Gasteiger partial charge in [0.25, 0.3) is 0 Å². The predicted octanol–water partition coefficient (Wildman–Crippen LogP) is 7.36. The van der Waals surface area contributed by atoms with Gasteiger partial charge in [0.15, 0.2) is 17.3 Å². The number of rotatable bonds is 13. The highest BCUT2D eigenvalue weighted by molar-refractivity contribution is 6.24. The number of aromatic hydroxyl groups is 2. The lowest BCUT2D eigenvalue weighted by Crippen LogP contribution is -2.46. The zero-order valence-electron chi connectivity index (χ0n) is 28.5. The van der Waals surface area contributed by atoms with Crippen LogP contribution in [0.5, 0.6) is 17.2 Å². The molecule has 252 valence electrons. The number of aliphatic hydroxyl groups excluding tert-OH is 3. The van der Waals surface area contributed by atoms with E-state index in [1.165, 1.54) is 12.5 Å². The lowest BCUT2D eigenvalue weighted by Gasteiger charge is -2.39. The molecule has 0 radical (unpaired) electrons. The highest BCUT2D eigenvalue weighted by Gasteiger charge is 2.48. The maximum Gasteiger partial charge on any atom is 0.183 e. The Morgan fingerprint density at radius 2 is 1.52 bits per heavy atom. The van der Waals surface area contributed by atoms with Crippen LogP contribution < -0.4 is 4.74 Å². The smallest absolute Gasteiger partial charge is 0.183 e. The molecule has 2 aliphatic rings. The van der Waals surface area contributed by atoms with Gasteiger partial charge in [-0.15, -0.1) is 0 Å². The zero-order chi connectivity index (χ0) is 34.7. The number of benzene rings is 1. The number of hydrogen-bond acceptors (Lipinski definition) is 9. The minimum Gasteiger partial charge on any atom is -0.511 e. The van der Waals surface area contributed by atoms with Gasteiger partial charge in [-0.2, -0.15) is 0 Å². The molecule has 0 aromatic heterocycles. The Morgan fingerprint density at radius 1 is 0.913 bits per heavy atom. The maximum atomic E-state index is 13.9. The van der Waals surface area contributed by atoms with Crippen LogP contribution in [0, 0.1) is 5.41 Å². The van der Waals surface area contributed by atoms with Gasteiger partial charge < -0.3 is 30.3 Å². The number of hydrogen-bond donors (Lipinski definition) is 5. The van der Waals surface area contributed by atoms with Gasteiger partial charge in [-0.05, 0) is 73.6 Å². The van der Waals surface area contributed by atoms with E-state index in [-0.39, 0.29) is 53.7 Å². The molecule has 1 aliphatic heterocycles. The normalized spacial score (nSPS) is 21.2. The van der Waals surface area contributed by atoms with E-state index < -0.39 is 69.5 Å². The van der Waals surface area contributed by atoms with Crippen molar-refractivity contribution in [3.63, 3.8) is 0 Å². The molecule has 0 fully saturated rings. The van der Waals surface area contributed by atoms with Crippen LogP contribution in [-0.4, -0.2) is 54.6 Å². The molecule has 9 heteroatoms. The first-order valence-electron chi connectivity index (χ1n) is 16.2. The number of phenolic OH excluding ortho intramolecular Hbond substituents is 2. The van der Waals surface area contributed by atoms with Gasteiger partial charge >= 0.3 is 0 Å². The number of aliphatic hydroxyl groups is 3. The molecule has 1 aromatic rings. The lowest BCUT2D eigenvalue weighted by molar-refractivity contribution is -0.127. The molecule has 46 heavy (non-hydrogen) atoms. The van der Waals surface area contributed by atoms with Crippen LogP contribution in [0.25, 0.3) is 0 Å². The van der Waals surface area contributed by atoms with Gasteiger partial charge in [0.2, 0.25) is 0 Å². The van der Waals surface area contributed by atoms with Crippen LogP contribution in [0.15, 0.2) is 46.0 Å². The van der Waals surface area contributed by atoms with Crippen LogP contribution in [0.1, 0.15) is 122 Å². The van der Waals surface area contributed by atoms with Gasteiger partial charge in [0.05, 0.1) is 11.5 Å². The summed E-state index contributed by atoms with van der Waals surface area (Å²) < 4.78 is 6.12. The molecule has 9 nitrogen and oxygen atoms in total. The largest absolute Gasteiger partial charge is 0.511 e. The number of ether oxygens (including phenoxy) is 1. The van der Waals surface area contributed by atoms with Crippen molar-refractivity contribution in [1.29, 1.82) is 0 Å². The first-order valence-corrected chi connectivity index (χ1v) is 16.2. The van der Waals surface area contributed by atoms with Gasteiger partial charge in [-0.3, -0.25) is 14.4 Å². The molecule has 0 spiro atoms. The van der Waals surface area contributed by atoms with Crippen LogP contribution >= 0.6 is 0 Å². The predicted molar refractivity (Wildman–Crippen MR) is 177 cm³/mol. The van der Waals surface area contributed by atoms with Gasteiger partial charge in [0.1, 0.15) is 45.5 Å². The second kappa shape index (κ2) is 14.3. The second-order valence-electron chi connectivity index (χ2n) is 13.6. The number of fused-ring (bicyclic) bond motifs is 1. The molecule has 0 saturated heterocycles. The third kappa shape index (κ3) is 7.09. The fourth-order valence-electron chi connectivity index (χ4n) is 5.97. The summed E-state index contributed by atoms with van der Waals surface area (Å²) in [6.45, 7) is 14.3. The van der Waals surface area contributed by atoms with E-state index in [1.807, 2.05) is 26.8 Å². The molecule has 2 atom stereocenters. The molecule has 2 unspecified atom stereocenters. The summed E-state index contributed by atoms with van der Waals surface area (Å²) in [5, 5.41) is 56.7. The van der Waals surface area contributed by atoms with Crippen LogP contribution in [0.3, 0.4) is 0 Å². The summed E-state index contributed by atoms with van der Waals surface area (Å²) in [5.74, 6) is -4.05. The fraction of sp³-hybridized carbons (Fsp3) is 0.541. The Labute approximate surface area is 272 Å². The number of carbonyl (C=O) groups excluding carboxylic acids is 3. The van der Waals surface area contributed by atoms with E-state index in [1.54, 1.807) is 27.7 Å². The van der Waals surface area contributed by atoms with Gasteiger partial charge in [-0.1, -0.05) is 37.1 Å². The van der Waals surface area contributed by atoms with Crippen molar-refractivity contribution < 1.29 is 44.7 Å². The van der Waals surface area contributed by atoms with Crippen molar-refractivity contribution in [2.75, 3.05) is 0 Å². The number of ketones is 3. The molecule has 3 rings (SSSR count). The molecule has 0 saturated carbocycles. The number of phenols is 2. The summed E-state index contributed by atoms with van der Waals surface area (Å²) in [6.07, 6.45) is 4.85. The molecule has 5 N–H and O–H groups in total. The minimum atomic E-state index is -1.61. The molecular formula is C37H50O9. The van der Waals surface area contributed by atoms with E-state index in [4.69, 9.17) is 4.74 Å². The van der Waals surface area contributed by atoms with Crippen molar-refractivity contribution >= 4 is 17.3 Å². The Morgan fingerprint density at radius 3 is 2.11 bits per heavy atom. The molecule has 1 aliphatic carbocycles. The van der Waals surface area contributed by atoms with E-state index in [9.17, 15) is 39.9 Å². The van der Waals surface area contributed by atoms with Crippen LogP contribution in [0.2, 0.25) is 0 Å². The summed E-state index contributed by atoms with van der Waals surface area (Å²) in [6, 6.07) is 0. The van der Waals surface area contributed by atoms with E-state index in [2.05, 4.69) is 6.08 Å². The molecule has 0 amide bonds. The third-order valence-corrected chi connectivity index (χ3v) is 9.03. The molecular weight excluding hydrogens is 588 g/mol. The topological polar surface area (TPSA) is 162 Å². The van der Waals surface area contributed by atoms with Crippen LogP contribution in [-0.2, 0) is 22.4 Å². The molecule has 1 aromatic carbocycles. The molecule has 0 bridgehead atoms. The minimum absolute atomic E-state index is 0.00139. The monoisotopic (exact) mass is 638 g/mol. The highest BCUT2D eigenvalue weighted by Crippen LogP contribution is 2.51. The van der Waals surface area contributed by atoms with Crippen molar-refractivity contribution in [3.05, 3.63) is 62.7 Å². The quantitative estimate of drug-likeness (QED) is 0.0844. The third-order valence-electron chi connectivity index (χ3n) is 9.03. The van der Waals surface area contributed by atoms with Crippen molar-refractivity contribution in [2.45, 2.75) is 125 Å². The Hall–Kier alpha value is -3.85. The number of allylic oxidation sites excluding steroid dienone is 7. The first kappa shape index (κ1) is 36.6. The average molecular weight is 639 g/mol. The van der Waals surface area contributed by atoms with Crippen LogP contribution in [0.4, 0.5) is 0 Å². The van der Waals surface area contributed by atoms with E-state index >= 15 is 0 Å². The lowest BCUT2D eigenvalue weighted by atomic mass is 9.69. The summed E-state index contributed by atoms with van der Waals surface area (Å²) in [4.78, 5) is 40.4. The van der Waals surface area contributed by atoms with Gasteiger partial charge in [0, 0.05) is 42.4 Å². The molecule has 1 heterocycles. The van der Waals surface area contributed by atoms with Crippen molar-refractivity contribution in [1.82, 2.24) is 0 Å². The van der Waals surface area contributed by atoms with E-state index in [0.717, 1.165) is 18.4 Å². The average Bonchev–Trinajstić information content (AvgIpc) is 2.96. The first-order chi connectivity index (χ1) is 21.4. The van der Waals surface area contributed by atoms with E-state index in [0.29, 0.717) is 12.8 Å². The zero-order valence-corrected chi connectivity index (χ0v) is 28.5. The summed E-state index contributed by atoms with van der Waals surface area (Å²) in [7, 11) is 0. The standard InChI is InChI=1S/C37H50O9/c1-9-12-25(38)28-30(41)22(33-23(31(28)42)19-27(40)36(6,7)46-33)18-24-32(43)29(26(39)13-10-2)35(45)37(8,34(24)44)17-16-21(5)15-11-14-20(3)4/h14,16,27,40-44H,9-13,15,17-19H2,1-8H3. The Balaban J connectivity index is 2.29.